The first-order chi connectivity index (χ1) is 21.0. The minimum Gasteiger partial charge on any atom is -0.508 e. The average Bonchev–Trinajstić information content (AvgIpc) is 3.02. The Kier molecular flexibility index (Phi) is 13.4. The van der Waals surface area contributed by atoms with Gasteiger partial charge in [0.25, 0.3) is 11.7 Å². The largest absolute Gasteiger partial charge is 0.508 e. The van der Waals surface area contributed by atoms with Gasteiger partial charge >= 0.3 is 5.97 Å². The molecular weight excluding hydrogens is 594 g/mol. The summed E-state index contributed by atoms with van der Waals surface area (Å²) in [5.74, 6) is -2.57. The Morgan fingerprint density at radius 1 is 1.09 bits per heavy atom. The molecule has 8 N–H and O–H groups in total. The first-order valence-corrected chi connectivity index (χ1v) is 15.3. The van der Waals surface area contributed by atoms with Gasteiger partial charge in [0, 0.05) is 37.8 Å². The summed E-state index contributed by atoms with van der Waals surface area (Å²) in [7, 11) is 1.12. The summed E-state index contributed by atoms with van der Waals surface area (Å²) in [6.07, 6.45) is -6.25. The van der Waals surface area contributed by atoms with Gasteiger partial charge in [-0.3, -0.25) is 9.59 Å². The van der Waals surface area contributed by atoms with E-state index < -0.39 is 67.0 Å². The van der Waals surface area contributed by atoms with Crippen molar-refractivity contribution in [2.45, 2.75) is 56.0 Å². The van der Waals surface area contributed by atoms with Crippen molar-refractivity contribution in [3.05, 3.63) is 54.1 Å². The number of hydrogen-bond donors (Lipinski definition) is 7. The van der Waals surface area contributed by atoms with E-state index in [1.807, 2.05) is 0 Å². The third-order valence-corrected chi connectivity index (χ3v) is 8.12. The molecule has 1 heterocycles. The van der Waals surface area contributed by atoms with Crippen LogP contribution in [-0.2, 0) is 23.8 Å². The molecule has 1 aliphatic rings. The molecule has 0 spiro atoms. The number of hydrogen-bond acceptors (Lipinski definition) is 12. The number of carbonyl (C=O) groups excluding carboxylic acids is 3. The topological polar surface area (TPSA) is 210 Å². The van der Waals surface area contributed by atoms with Crippen molar-refractivity contribution in [1.82, 2.24) is 10.6 Å². The summed E-state index contributed by atoms with van der Waals surface area (Å²) in [5, 5.41) is 47.5. The highest BCUT2D eigenvalue weighted by Gasteiger charge is 2.56. The molecule has 6 atom stereocenters. The highest BCUT2D eigenvalue weighted by molar-refractivity contribution is 7.99. The maximum Gasteiger partial charge on any atom is 0.366 e. The summed E-state index contributed by atoms with van der Waals surface area (Å²) in [5.41, 5.74) is 7.45. The molecule has 2 aromatic rings. The van der Waals surface area contributed by atoms with Crippen LogP contribution in [0.3, 0.4) is 0 Å². The van der Waals surface area contributed by atoms with Crippen molar-refractivity contribution in [3.63, 3.8) is 0 Å². The number of aliphatic hydroxyl groups excluding tert-OH is 3. The molecule has 44 heavy (non-hydrogen) atoms. The molecule has 14 heteroatoms. The second-order valence-corrected chi connectivity index (χ2v) is 11.5. The third-order valence-electron chi connectivity index (χ3n) is 7.02. The first kappa shape index (κ1) is 35.2. The summed E-state index contributed by atoms with van der Waals surface area (Å²) in [4.78, 5) is 37.6. The highest BCUT2D eigenvalue weighted by Crippen LogP contribution is 2.34. The molecule has 2 amide bonds. The third kappa shape index (κ3) is 9.38. The SMILES string of the molecule is COC(=O)C1(OCCCSCCN)CC(O)C(NC(C)=O)C(C(O)C(O)CNC(=O)c2ccc(-c3ccc(O)cc3)cc2)O1. The Morgan fingerprint density at radius 3 is 2.32 bits per heavy atom. The van der Waals surface area contributed by atoms with Gasteiger partial charge in [-0.25, -0.2) is 4.79 Å². The van der Waals surface area contributed by atoms with Crippen LogP contribution < -0.4 is 16.4 Å². The first-order valence-electron chi connectivity index (χ1n) is 14.2. The minimum atomic E-state index is -2.12. The van der Waals surface area contributed by atoms with Gasteiger partial charge < -0.3 is 51.0 Å². The minimum absolute atomic E-state index is 0.0527. The van der Waals surface area contributed by atoms with Crippen LogP contribution in [0, 0.1) is 0 Å². The van der Waals surface area contributed by atoms with E-state index in [1.165, 1.54) is 6.92 Å². The van der Waals surface area contributed by atoms with Gasteiger partial charge in [0.05, 0.1) is 32.0 Å². The van der Waals surface area contributed by atoms with E-state index in [-0.39, 0.29) is 17.9 Å². The van der Waals surface area contributed by atoms with Crippen molar-refractivity contribution in [2.75, 3.05) is 38.3 Å². The molecule has 0 radical (unpaired) electrons. The lowest BCUT2D eigenvalue weighted by Gasteiger charge is -2.47. The van der Waals surface area contributed by atoms with Gasteiger partial charge in [0.15, 0.2) is 0 Å². The molecule has 1 fully saturated rings. The van der Waals surface area contributed by atoms with Crippen LogP contribution in [0.15, 0.2) is 48.5 Å². The zero-order valence-electron chi connectivity index (χ0n) is 24.7. The molecular formula is C30H41N3O10S. The van der Waals surface area contributed by atoms with E-state index in [4.69, 9.17) is 19.9 Å². The van der Waals surface area contributed by atoms with Gasteiger partial charge in [-0.2, -0.15) is 11.8 Å². The van der Waals surface area contributed by atoms with Gasteiger partial charge in [-0.15, -0.1) is 0 Å². The summed E-state index contributed by atoms with van der Waals surface area (Å²) >= 11 is 1.60. The maximum atomic E-state index is 12.9. The van der Waals surface area contributed by atoms with Crippen LogP contribution in [0.1, 0.15) is 30.1 Å². The Hall–Kier alpha value is -3.24. The van der Waals surface area contributed by atoms with Gasteiger partial charge in [-0.1, -0.05) is 24.3 Å². The number of benzene rings is 2. The molecule has 0 aliphatic carbocycles. The molecule has 1 saturated heterocycles. The quantitative estimate of drug-likeness (QED) is 0.103. The predicted molar refractivity (Wildman–Crippen MR) is 163 cm³/mol. The normalized spacial score (nSPS) is 22.9. The number of phenolic OH excluding ortho intramolecular Hbond substituents is 1. The maximum absolute atomic E-state index is 12.9. The molecule has 0 aromatic heterocycles. The van der Waals surface area contributed by atoms with E-state index in [1.54, 1.807) is 60.3 Å². The van der Waals surface area contributed by atoms with E-state index in [2.05, 4.69) is 10.6 Å². The molecule has 3 rings (SSSR count). The number of nitrogens with one attached hydrogen (secondary N) is 2. The number of aliphatic hydroxyl groups is 3. The van der Waals surface area contributed by atoms with Crippen molar-refractivity contribution in [1.29, 1.82) is 0 Å². The van der Waals surface area contributed by atoms with Crippen LogP contribution in [-0.4, -0.2) is 113 Å². The van der Waals surface area contributed by atoms with Gasteiger partial charge in [0.1, 0.15) is 18.0 Å². The smallest absolute Gasteiger partial charge is 0.366 e. The molecule has 13 nitrogen and oxygen atoms in total. The Morgan fingerprint density at radius 2 is 1.73 bits per heavy atom. The monoisotopic (exact) mass is 635 g/mol. The molecule has 242 valence electrons. The summed E-state index contributed by atoms with van der Waals surface area (Å²) in [6, 6.07) is 12.0. The number of aromatic hydroxyl groups is 1. The molecule has 0 saturated carbocycles. The Balaban J connectivity index is 1.70. The lowest BCUT2D eigenvalue weighted by molar-refractivity contribution is -0.311. The fourth-order valence-corrected chi connectivity index (χ4v) is 5.48. The highest BCUT2D eigenvalue weighted by atomic mass is 32.2. The molecule has 2 aromatic carbocycles. The number of esters is 1. The van der Waals surface area contributed by atoms with E-state index in [0.29, 0.717) is 18.7 Å². The van der Waals surface area contributed by atoms with Gasteiger partial charge in [0.2, 0.25) is 5.91 Å². The fraction of sp³-hybridized carbons (Fsp3) is 0.500. The fourth-order valence-electron chi connectivity index (χ4n) is 4.79. The number of ether oxygens (including phenoxy) is 3. The second kappa shape index (κ2) is 16.7. The summed E-state index contributed by atoms with van der Waals surface area (Å²) in [6.45, 7) is 1.36. The predicted octanol–water partition coefficient (Wildman–Crippen LogP) is 0.133. The number of rotatable bonds is 15. The van der Waals surface area contributed by atoms with Crippen LogP contribution in [0.4, 0.5) is 0 Å². The zero-order chi connectivity index (χ0) is 32.3. The Labute approximate surface area is 260 Å². The molecule has 0 bridgehead atoms. The number of thioether (sulfide) groups is 1. The summed E-state index contributed by atoms with van der Waals surface area (Å²) < 4.78 is 16.6. The lowest BCUT2D eigenvalue weighted by Crippen LogP contribution is -2.68. The van der Waals surface area contributed by atoms with Crippen LogP contribution in [0.25, 0.3) is 11.1 Å². The van der Waals surface area contributed by atoms with Crippen LogP contribution in [0.2, 0.25) is 0 Å². The number of amides is 2. The number of carbonyl (C=O) groups is 3. The second-order valence-electron chi connectivity index (χ2n) is 10.3. The van der Waals surface area contributed by atoms with E-state index >= 15 is 0 Å². The number of nitrogens with two attached hydrogens (primary N) is 1. The molecule has 1 aliphatic heterocycles. The van der Waals surface area contributed by atoms with Crippen molar-refractivity contribution in [2.24, 2.45) is 5.73 Å². The number of phenols is 1. The van der Waals surface area contributed by atoms with Crippen molar-refractivity contribution in [3.8, 4) is 16.9 Å². The lowest BCUT2D eigenvalue weighted by atomic mass is 9.88. The Bertz CT molecular complexity index is 1230. The molecule has 6 unspecified atom stereocenters. The average molecular weight is 636 g/mol. The van der Waals surface area contributed by atoms with E-state index in [0.717, 1.165) is 24.0 Å². The van der Waals surface area contributed by atoms with Gasteiger partial charge in [-0.05, 0) is 47.6 Å². The standard InChI is InChI=1S/C30H41N3O10S/c1-18(34)33-25-23(36)16-30(29(40)41-2,42-13-3-14-44-15-12-31)43-27(25)26(38)24(37)17-32-28(39)21-6-4-19(5-7-21)20-8-10-22(35)11-9-20/h4-11,23-27,35-38H,3,12-17,31H2,1-2H3,(H,32,39)(H,33,34). The van der Waals surface area contributed by atoms with Crippen LogP contribution >= 0.6 is 11.8 Å². The van der Waals surface area contributed by atoms with Crippen molar-refractivity contribution < 1.29 is 49.0 Å². The van der Waals surface area contributed by atoms with E-state index in [9.17, 15) is 34.8 Å². The van der Waals surface area contributed by atoms with Crippen LogP contribution in [0.5, 0.6) is 5.75 Å². The zero-order valence-corrected chi connectivity index (χ0v) is 25.5. The van der Waals surface area contributed by atoms with Crippen molar-refractivity contribution >= 4 is 29.5 Å². The number of methoxy groups -OCH3 is 1.